The molecule has 0 aromatic carbocycles. The summed E-state index contributed by atoms with van der Waals surface area (Å²) in [5, 5.41) is 26.2. The number of amides is 3. The number of carboxylic acids is 1. The molecule has 0 saturated heterocycles. The summed E-state index contributed by atoms with van der Waals surface area (Å²) in [6.07, 6.45) is 1.37. The third-order valence-electron chi connectivity index (χ3n) is 4.50. The largest absolute Gasteiger partial charge is 0.480 e. The number of hydrogen-bond acceptors (Lipinski definition) is 7. The van der Waals surface area contributed by atoms with E-state index in [-0.39, 0.29) is 12.3 Å². The van der Waals surface area contributed by atoms with E-state index in [0.29, 0.717) is 12.2 Å². The zero-order chi connectivity index (χ0) is 22.7. The van der Waals surface area contributed by atoms with Crippen LogP contribution in [0.4, 0.5) is 0 Å². The number of carboxylic acid groups (broad SMARTS) is 1. The number of carbonyl (C=O) groups excluding carboxylic acids is 3. The van der Waals surface area contributed by atoms with Crippen molar-refractivity contribution in [2.45, 2.75) is 70.8 Å². The van der Waals surface area contributed by atoms with E-state index < -0.39 is 54.0 Å². The van der Waals surface area contributed by atoms with Gasteiger partial charge in [-0.2, -0.15) is 11.8 Å². The normalized spacial score (nSPS) is 17.2. The zero-order valence-electron chi connectivity index (χ0n) is 17.6. The first kappa shape index (κ1) is 27.1. The quantitative estimate of drug-likeness (QED) is 0.215. The summed E-state index contributed by atoms with van der Waals surface area (Å²) in [5.74, 6) is -2.84. The lowest BCUT2D eigenvalue weighted by molar-refractivity contribution is -0.145. The van der Waals surface area contributed by atoms with Gasteiger partial charge in [0.15, 0.2) is 6.04 Å². The second-order valence-electron chi connectivity index (χ2n) is 7.07. The maximum Gasteiger partial charge on any atom is 0.328 e. The van der Waals surface area contributed by atoms with Crippen LogP contribution in [-0.2, 0) is 19.2 Å². The lowest BCUT2D eigenvalue weighted by atomic mass is 9.97. The molecule has 0 aliphatic carbocycles. The van der Waals surface area contributed by atoms with Crippen LogP contribution >= 0.6 is 11.8 Å². The van der Waals surface area contributed by atoms with E-state index in [9.17, 15) is 24.3 Å². The predicted molar refractivity (Wildman–Crippen MR) is 111 cm³/mol. The van der Waals surface area contributed by atoms with E-state index in [2.05, 4.69) is 16.0 Å². The number of hydrogen-bond donors (Lipinski definition) is 6. The molecule has 0 fully saturated rings. The highest BCUT2D eigenvalue weighted by Crippen LogP contribution is 2.10. The SMILES string of the molecule is CCC(C)C(NC(=O)C(C)N)C(=O)NC(CCSC)C(=O)NC(C(=O)O)C(C)O. The summed E-state index contributed by atoms with van der Waals surface area (Å²) in [4.78, 5) is 48.6. The van der Waals surface area contributed by atoms with Gasteiger partial charge in [-0.05, 0) is 38.2 Å². The summed E-state index contributed by atoms with van der Waals surface area (Å²) >= 11 is 1.46. The van der Waals surface area contributed by atoms with Gasteiger partial charge >= 0.3 is 5.97 Å². The number of nitrogens with one attached hydrogen (secondary N) is 3. The smallest absolute Gasteiger partial charge is 0.328 e. The highest BCUT2D eigenvalue weighted by atomic mass is 32.2. The van der Waals surface area contributed by atoms with Crippen LogP contribution in [0, 0.1) is 5.92 Å². The monoisotopic (exact) mass is 434 g/mol. The highest BCUT2D eigenvalue weighted by molar-refractivity contribution is 7.98. The Morgan fingerprint density at radius 2 is 1.52 bits per heavy atom. The summed E-state index contributed by atoms with van der Waals surface area (Å²) in [5.41, 5.74) is 5.56. The Hall–Kier alpha value is -1.85. The fraction of sp³-hybridized carbons (Fsp3) is 0.778. The summed E-state index contributed by atoms with van der Waals surface area (Å²) in [6.45, 7) is 6.40. The topological polar surface area (TPSA) is 171 Å². The minimum atomic E-state index is -1.50. The third-order valence-corrected chi connectivity index (χ3v) is 5.14. The summed E-state index contributed by atoms with van der Waals surface area (Å²) in [6, 6.07) is -4.21. The van der Waals surface area contributed by atoms with Crippen LogP contribution in [-0.4, -0.2) is 76.2 Å². The maximum absolute atomic E-state index is 12.8. The van der Waals surface area contributed by atoms with E-state index in [1.54, 1.807) is 6.92 Å². The number of carbonyl (C=O) groups is 4. The van der Waals surface area contributed by atoms with Crippen molar-refractivity contribution >= 4 is 35.5 Å². The number of aliphatic hydroxyl groups excluding tert-OH is 1. The van der Waals surface area contributed by atoms with Gasteiger partial charge in [0.05, 0.1) is 12.1 Å². The second kappa shape index (κ2) is 13.4. The molecule has 10 nitrogen and oxygen atoms in total. The van der Waals surface area contributed by atoms with E-state index >= 15 is 0 Å². The Labute approximate surface area is 175 Å². The number of rotatable bonds is 13. The van der Waals surface area contributed by atoms with E-state index in [0.717, 1.165) is 0 Å². The fourth-order valence-corrected chi connectivity index (χ4v) is 2.87. The zero-order valence-corrected chi connectivity index (χ0v) is 18.4. The van der Waals surface area contributed by atoms with Crippen LogP contribution in [0.15, 0.2) is 0 Å². The highest BCUT2D eigenvalue weighted by Gasteiger charge is 2.32. The molecule has 29 heavy (non-hydrogen) atoms. The van der Waals surface area contributed by atoms with Gasteiger partial charge in [-0.3, -0.25) is 14.4 Å². The van der Waals surface area contributed by atoms with Gasteiger partial charge in [-0.1, -0.05) is 20.3 Å². The summed E-state index contributed by atoms with van der Waals surface area (Å²) in [7, 11) is 0. The molecule has 0 heterocycles. The molecule has 0 aromatic rings. The molecule has 6 atom stereocenters. The molecule has 0 saturated carbocycles. The Morgan fingerprint density at radius 1 is 0.966 bits per heavy atom. The molecule has 6 unspecified atom stereocenters. The lowest BCUT2D eigenvalue weighted by Gasteiger charge is -2.28. The van der Waals surface area contributed by atoms with Crippen molar-refractivity contribution < 1.29 is 29.4 Å². The Morgan fingerprint density at radius 3 is 1.93 bits per heavy atom. The molecule has 0 rings (SSSR count). The number of aliphatic hydroxyl groups is 1. The van der Waals surface area contributed by atoms with Crippen molar-refractivity contribution in [1.29, 1.82) is 0 Å². The van der Waals surface area contributed by atoms with Gasteiger partial charge in [-0.25, -0.2) is 4.79 Å². The van der Waals surface area contributed by atoms with Gasteiger partial charge in [0, 0.05) is 0 Å². The predicted octanol–water partition coefficient (Wildman–Crippen LogP) is -0.947. The average Bonchev–Trinajstić information content (AvgIpc) is 2.65. The van der Waals surface area contributed by atoms with Crippen LogP contribution < -0.4 is 21.7 Å². The van der Waals surface area contributed by atoms with Gasteiger partial charge in [0.2, 0.25) is 17.7 Å². The van der Waals surface area contributed by atoms with Gasteiger partial charge in [0.25, 0.3) is 0 Å². The first-order valence-corrected chi connectivity index (χ1v) is 10.9. The van der Waals surface area contributed by atoms with Crippen LogP contribution in [0.1, 0.15) is 40.5 Å². The molecule has 0 aliphatic rings. The molecule has 3 amide bonds. The van der Waals surface area contributed by atoms with Crippen molar-refractivity contribution in [3.8, 4) is 0 Å². The Bertz CT molecular complexity index is 573. The lowest BCUT2D eigenvalue weighted by Crippen LogP contribution is -2.59. The third kappa shape index (κ3) is 9.46. The average molecular weight is 435 g/mol. The Balaban J connectivity index is 5.42. The van der Waals surface area contributed by atoms with Gasteiger partial charge in [0.1, 0.15) is 12.1 Å². The molecule has 0 aliphatic heterocycles. The van der Waals surface area contributed by atoms with Crippen molar-refractivity contribution in [2.75, 3.05) is 12.0 Å². The standard InChI is InChI=1S/C18H34N4O6S/c1-6-9(2)13(21-15(24)10(3)19)17(26)20-12(7-8-29-5)16(25)22-14(11(4)23)18(27)28/h9-14,23H,6-8,19H2,1-5H3,(H,20,26)(H,21,24)(H,22,25)(H,27,28). The number of nitrogens with two attached hydrogens (primary N) is 1. The minimum Gasteiger partial charge on any atom is -0.480 e. The van der Waals surface area contributed by atoms with Crippen molar-refractivity contribution in [3.63, 3.8) is 0 Å². The van der Waals surface area contributed by atoms with E-state index in [1.165, 1.54) is 25.6 Å². The van der Waals surface area contributed by atoms with Crippen LogP contribution in [0.3, 0.4) is 0 Å². The van der Waals surface area contributed by atoms with Gasteiger partial charge in [-0.15, -0.1) is 0 Å². The molecule has 0 radical (unpaired) electrons. The molecule has 7 N–H and O–H groups in total. The van der Waals surface area contributed by atoms with E-state index in [1.807, 2.05) is 13.2 Å². The van der Waals surface area contributed by atoms with Crippen molar-refractivity contribution in [2.24, 2.45) is 11.7 Å². The number of thioether (sulfide) groups is 1. The van der Waals surface area contributed by atoms with E-state index in [4.69, 9.17) is 10.8 Å². The van der Waals surface area contributed by atoms with Crippen LogP contribution in [0.25, 0.3) is 0 Å². The van der Waals surface area contributed by atoms with Crippen molar-refractivity contribution in [3.05, 3.63) is 0 Å². The van der Waals surface area contributed by atoms with Gasteiger partial charge < -0.3 is 31.9 Å². The molecule has 0 aromatic heterocycles. The van der Waals surface area contributed by atoms with Crippen molar-refractivity contribution in [1.82, 2.24) is 16.0 Å². The first-order valence-electron chi connectivity index (χ1n) is 9.52. The molecular formula is C18H34N4O6S. The molecule has 0 bridgehead atoms. The fourth-order valence-electron chi connectivity index (χ4n) is 2.40. The van der Waals surface area contributed by atoms with Crippen LogP contribution in [0.5, 0.6) is 0 Å². The molecule has 0 spiro atoms. The minimum absolute atomic E-state index is 0.216. The maximum atomic E-state index is 12.8. The molecule has 11 heteroatoms. The molecule has 168 valence electrons. The summed E-state index contributed by atoms with van der Waals surface area (Å²) < 4.78 is 0. The molecular weight excluding hydrogens is 400 g/mol. The second-order valence-corrected chi connectivity index (χ2v) is 8.05. The number of aliphatic carboxylic acids is 1. The van der Waals surface area contributed by atoms with Crippen LogP contribution in [0.2, 0.25) is 0 Å². The first-order chi connectivity index (χ1) is 13.5. The Kier molecular flexibility index (Phi) is 12.5.